The Morgan fingerprint density at radius 1 is 1.15 bits per heavy atom. The molecule has 0 aromatic heterocycles. The molecule has 0 radical (unpaired) electrons. The van der Waals surface area contributed by atoms with Crippen molar-refractivity contribution >= 4 is 5.91 Å². The molecular formula is C22H21F2NO2. The van der Waals surface area contributed by atoms with Crippen molar-refractivity contribution in [3.8, 4) is 11.1 Å². The molecule has 1 saturated carbocycles. The van der Waals surface area contributed by atoms with Crippen LogP contribution in [0.1, 0.15) is 37.0 Å². The predicted molar refractivity (Wildman–Crippen MR) is 97.4 cm³/mol. The molecule has 3 aliphatic rings. The number of amides is 1. The molecule has 4 atom stereocenters. The smallest absolute Gasteiger partial charge is 0.299 e. The Kier molecular flexibility index (Phi) is 3.23. The van der Waals surface area contributed by atoms with Crippen molar-refractivity contribution in [2.45, 2.75) is 50.3 Å². The van der Waals surface area contributed by atoms with Crippen LogP contribution < -0.4 is 0 Å². The Balaban J connectivity index is 1.45. The first-order valence-corrected chi connectivity index (χ1v) is 9.40. The van der Waals surface area contributed by atoms with E-state index in [2.05, 4.69) is 0 Å². The van der Waals surface area contributed by atoms with Crippen LogP contribution in [-0.2, 0) is 17.1 Å². The minimum atomic E-state index is -3.00. The number of aliphatic hydroxyl groups is 1. The van der Waals surface area contributed by atoms with Crippen molar-refractivity contribution in [1.29, 1.82) is 0 Å². The normalized spacial score (nSPS) is 32.0. The Labute approximate surface area is 156 Å². The number of alkyl halides is 2. The molecule has 0 bridgehead atoms. The Morgan fingerprint density at radius 2 is 1.85 bits per heavy atom. The highest BCUT2D eigenvalue weighted by molar-refractivity contribution is 5.84. The van der Waals surface area contributed by atoms with Crippen LogP contribution in [0.15, 0.2) is 42.5 Å². The van der Waals surface area contributed by atoms with Crippen LogP contribution in [0, 0.1) is 5.92 Å². The zero-order valence-electron chi connectivity index (χ0n) is 15.2. The standard InChI is InChI=1S/C22H21F2NO2/c1-12-11-21(27)13(2)20(21)25(12)19(26)10-14-7-8-18-16(9-14)15-5-3-4-6-17(15)22(18,23)24/h3-9,12-13,20,27H,10-11H2,1-2H3/t12?,13?,20?,21-/m0/s1. The van der Waals surface area contributed by atoms with Crippen molar-refractivity contribution in [3.63, 3.8) is 0 Å². The van der Waals surface area contributed by atoms with Crippen molar-refractivity contribution in [2.75, 3.05) is 0 Å². The van der Waals surface area contributed by atoms with Gasteiger partial charge < -0.3 is 10.0 Å². The SMILES string of the molecule is CC1C[C@]2(O)C(C)C2N1C(=O)Cc1ccc2c(c1)-c1ccccc1C2(F)F. The van der Waals surface area contributed by atoms with Gasteiger partial charge >= 0.3 is 0 Å². The van der Waals surface area contributed by atoms with Gasteiger partial charge in [0, 0.05) is 23.1 Å². The average molecular weight is 369 g/mol. The summed E-state index contributed by atoms with van der Waals surface area (Å²) in [5.74, 6) is -2.95. The summed E-state index contributed by atoms with van der Waals surface area (Å²) < 4.78 is 29.3. The Bertz CT molecular complexity index is 973. The number of nitrogens with zero attached hydrogens (tertiary/aromatic N) is 1. The van der Waals surface area contributed by atoms with Crippen molar-refractivity contribution < 1.29 is 18.7 Å². The van der Waals surface area contributed by atoms with Gasteiger partial charge in [-0.15, -0.1) is 0 Å². The maximum absolute atomic E-state index is 14.7. The van der Waals surface area contributed by atoms with Gasteiger partial charge in [0.15, 0.2) is 0 Å². The van der Waals surface area contributed by atoms with Gasteiger partial charge in [-0.25, -0.2) is 0 Å². The van der Waals surface area contributed by atoms with Crippen LogP contribution in [0.25, 0.3) is 11.1 Å². The molecular weight excluding hydrogens is 348 g/mol. The minimum Gasteiger partial charge on any atom is -0.387 e. The van der Waals surface area contributed by atoms with Gasteiger partial charge in [-0.1, -0.05) is 49.4 Å². The molecule has 2 fully saturated rings. The summed E-state index contributed by atoms with van der Waals surface area (Å²) in [6.45, 7) is 3.92. The Morgan fingerprint density at radius 3 is 2.59 bits per heavy atom. The molecule has 2 aliphatic carbocycles. The quantitative estimate of drug-likeness (QED) is 0.877. The second-order valence-corrected chi connectivity index (χ2v) is 8.26. The van der Waals surface area contributed by atoms with Gasteiger partial charge in [0.2, 0.25) is 5.91 Å². The van der Waals surface area contributed by atoms with Gasteiger partial charge in [0.25, 0.3) is 5.92 Å². The number of fused-ring (bicyclic) bond motifs is 4. The lowest BCUT2D eigenvalue weighted by atomic mass is 10.0. The number of hydrogen-bond donors (Lipinski definition) is 1. The molecule has 1 saturated heterocycles. The van der Waals surface area contributed by atoms with Crippen molar-refractivity contribution in [1.82, 2.24) is 4.90 Å². The van der Waals surface area contributed by atoms with Gasteiger partial charge in [-0.2, -0.15) is 8.78 Å². The molecule has 1 aliphatic heterocycles. The maximum Gasteiger partial charge on any atom is 0.299 e. The monoisotopic (exact) mass is 369 g/mol. The molecule has 2 aromatic rings. The number of benzene rings is 2. The van der Waals surface area contributed by atoms with Gasteiger partial charge in [-0.3, -0.25) is 4.79 Å². The molecule has 5 heteroatoms. The third-order valence-electron chi connectivity index (χ3n) is 6.68. The number of hydrogen-bond acceptors (Lipinski definition) is 2. The van der Waals surface area contributed by atoms with Crippen molar-refractivity contribution in [2.24, 2.45) is 5.92 Å². The molecule has 1 amide bonds. The molecule has 3 unspecified atom stereocenters. The summed E-state index contributed by atoms with van der Waals surface area (Å²) >= 11 is 0. The predicted octanol–water partition coefficient (Wildman–Crippen LogP) is 3.72. The number of halogens is 2. The van der Waals surface area contributed by atoms with Gasteiger partial charge in [0.1, 0.15) is 0 Å². The third-order valence-corrected chi connectivity index (χ3v) is 6.68. The molecule has 1 heterocycles. The van der Waals surface area contributed by atoms with E-state index < -0.39 is 11.5 Å². The number of rotatable bonds is 2. The van der Waals surface area contributed by atoms with Crippen LogP contribution in [0.3, 0.4) is 0 Å². The molecule has 2 aromatic carbocycles. The van der Waals surface area contributed by atoms with E-state index in [0.29, 0.717) is 17.5 Å². The van der Waals surface area contributed by atoms with Gasteiger partial charge in [-0.05, 0) is 30.0 Å². The van der Waals surface area contributed by atoms with E-state index in [1.807, 2.05) is 13.8 Å². The van der Waals surface area contributed by atoms with Crippen LogP contribution in [0.2, 0.25) is 0 Å². The molecule has 5 rings (SSSR count). The first-order valence-electron chi connectivity index (χ1n) is 9.40. The maximum atomic E-state index is 14.7. The second-order valence-electron chi connectivity index (χ2n) is 8.26. The average Bonchev–Trinajstić information content (AvgIpc) is 2.91. The first kappa shape index (κ1) is 16.9. The molecule has 3 nitrogen and oxygen atoms in total. The third kappa shape index (κ3) is 2.12. The molecule has 27 heavy (non-hydrogen) atoms. The Hall–Kier alpha value is -2.27. The summed E-state index contributed by atoms with van der Waals surface area (Å²) in [6, 6.07) is 11.2. The zero-order chi connectivity index (χ0) is 19.1. The molecule has 1 N–H and O–H groups in total. The lowest BCUT2D eigenvalue weighted by molar-refractivity contribution is -0.132. The summed E-state index contributed by atoms with van der Waals surface area (Å²) in [7, 11) is 0. The number of piperidine rings is 1. The van der Waals surface area contributed by atoms with Crippen molar-refractivity contribution in [3.05, 3.63) is 59.2 Å². The van der Waals surface area contributed by atoms with E-state index in [1.165, 1.54) is 12.1 Å². The molecule has 140 valence electrons. The number of carbonyl (C=O) groups is 1. The largest absolute Gasteiger partial charge is 0.387 e. The fourth-order valence-electron chi connectivity index (χ4n) is 5.22. The fourth-order valence-corrected chi connectivity index (χ4v) is 5.22. The van der Waals surface area contributed by atoms with Crippen LogP contribution in [0.4, 0.5) is 8.78 Å². The minimum absolute atomic E-state index is 0.000343. The first-order chi connectivity index (χ1) is 12.7. The van der Waals surface area contributed by atoms with E-state index >= 15 is 0 Å². The molecule has 0 spiro atoms. The number of likely N-dealkylation sites (tertiary alicyclic amines) is 1. The van der Waals surface area contributed by atoms with E-state index in [9.17, 15) is 18.7 Å². The summed E-state index contributed by atoms with van der Waals surface area (Å²) in [5.41, 5.74) is 1.04. The van der Waals surface area contributed by atoms with E-state index in [1.54, 1.807) is 35.2 Å². The van der Waals surface area contributed by atoms with E-state index in [4.69, 9.17) is 0 Å². The van der Waals surface area contributed by atoms with E-state index in [-0.39, 0.29) is 41.5 Å². The van der Waals surface area contributed by atoms with E-state index in [0.717, 1.165) is 5.56 Å². The zero-order valence-corrected chi connectivity index (χ0v) is 15.2. The lowest BCUT2D eigenvalue weighted by Gasteiger charge is -2.25. The summed E-state index contributed by atoms with van der Waals surface area (Å²) in [6.07, 6.45) is 0.763. The highest BCUT2D eigenvalue weighted by Crippen LogP contribution is 2.57. The highest BCUT2D eigenvalue weighted by Gasteiger charge is 2.70. The second kappa shape index (κ2) is 5.16. The van der Waals surface area contributed by atoms with Crippen LogP contribution in [-0.4, -0.2) is 33.6 Å². The fraction of sp³-hybridized carbons (Fsp3) is 0.409. The van der Waals surface area contributed by atoms with Crippen LogP contribution >= 0.6 is 0 Å². The van der Waals surface area contributed by atoms with Gasteiger partial charge in [0.05, 0.1) is 18.1 Å². The highest BCUT2D eigenvalue weighted by atomic mass is 19.3. The topological polar surface area (TPSA) is 40.5 Å². The summed E-state index contributed by atoms with van der Waals surface area (Å²) in [4.78, 5) is 14.7. The van der Waals surface area contributed by atoms with Crippen LogP contribution in [0.5, 0.6) is 0 Å². The summed E-state index contributed by atoms with van der Waals surface area (Å²) in [5, 5.41) is 10.5. The lowest BCUT2D eigenvalue weighted by Crippen LogP contribution is -2.38. The number of carbonyl (C=O) groups excluding carboxylic acids is 1.